The highest BCUT2D eigenvalue weighted by atomic mass is 16.5. The van der Waals surface area contributed by atoms with Gasteiger partial charge in [-0.15, -0.1) is 0 Å². The molecule has 0 radical (unpaired) electrons. The number of allylic oxidation sites excluding steroid dienone is 1. The summed E-state index contributed by atoms with van der Waals surface area (Å²) in [5.41, 5.74) is 4.12. The maximum absolute atomic E-state index is 5.92. The lowest BCUT2D eigenvalue weighted by molar-refractivity contribution is 0.306. The molecule has 0 fully saturated rings. The van der Waals surface area contributed by atoms with Crippen molar-refractivity contribution in [2.45, 2.75) is 12.6 Å². The van der Waals surface area contributed by atoms with Crippen molar-refractivity contribution in [2.75, 3.05) is 12.4 Å². The minimum absolute atomic E-state index is 0.143. The van der Waals surface area contributed by atoms with Gasteiger partial charge in [0.05, 0.1) is 7.11 Å². The lowest BCUT2D eigenvalue weighted by atomic mass is 10.0. The molecule has 154 valence electrons. The molecule has 3 aromatic carbocycles. The molecule has 0 spiro atoms. The Morgan fingerprint density at radius 1 is 0.935 bits per heavy atom. The van der Waals surface area contributed by atoms with Gasteiger partial charge in [0, 0.05) is 11.3 Å². The Bertz CT molecular complexity index is 1200. The molecule has 1 aromatic heterocycles. The van der Waals surface area contributed by atoms with Crippen LogP contribution >= 0.6 is 0 Å². The van der Waals surface area contributed by atoms with E-state index >= 15 is 0 Å². The zero-order chi connectivity index (χ0) is 21.0. The van der Waals surface area contributed by atoms with E-state index in [1.54, 1.807) is 11.8 Å². The normalized spacial score (nSPS) is 14.9. The summed E-state index contributed by atoms with van der Waals surface area (Å²) in [4.78, 5) is 0. The summed E-state index contributed by atoms with van der Waals surface area (Å²) < 4.78 is 13.0. The van der Waals surface area contributed by atoms with Gasteiger partial charge in [-0.3, -0.25) is 0 Å². The first-order valence-corrected chi connectivity index (χ1v) is 9.98. The van der Waals surface area contributed by atoms with E-state index in [4.69, 9.17) is 9.47 Å². The number of fused-ring (bicyclic) bond motifs is 1. The molecular weight excluding hydrogens is 390 g/mol. The summed E-state index contributed by atoms with van der Waals surface area (Å²) in [6, 6.07) is 25.9. The van der Waals surface area contributed by atoms with E-state index < -0.39 is 0 Å². The number of rotatable bonds is 6. The molecule has 1 aliphatic heterocycles. The lowest BCUT2D eigenvalue weighted by Crippen LogP contribution is -2.20. The zero-order valence-electron chi connectivity index (χ0n) is 17.0. The smallest absolute Gasteiger partial charge is 0.248 e. The molecular formula is C24H21N5O2. The number of nitrogens with one attached hydrogen (secondary N) is 1. The van der Waals surface area contributed by atoms with Crippen LogP contribution in [0.25, 0.3) is 5.70 Å². The minimum atomic E-state index is -0.143. The molecule has 0 saturated heterocycles. The van der Waals surface area contributed by atoms with Gasteiger partial charge in [-0.1, -0.05) is 59.7 Å². The van der Waals surface area contributed by atoms with Crippen molar-refractivity contribution in [2.24, 2.45) is 0 Å². The molecule has 1 N–H and O–H groups in total. The van der Waals surface area contributed by atoms with Crippen LogP contribution < -0.4 is 14.8 Å². The Labute approximate surface area is 179 Å². The minimum Gasteiger partial charge on any atom is -0.497 e. The Balaban J connectivity index is 1.40. The van der Waals surface area contributed by atoms with Crippen molar-refractivity contribution in [3.8, 4) is 11.5 Å². The van der Waals surface area contributed by atoms with Gasteiger partial charge >= 0.3 is 0 Å². The van der Waals surface area contributed by atoms with E-state index in [0.717, 1.165) is 33.9 Å². The topological polar surface area (TPSA) is 74.1 Å². The molecule has 31 heavy (non-hydrogen) atoms. The van der Waals surface area contributed by atoms with Crippen LogP contribution in [0.1, 0.15) is 22.7 Å². The number of tetrazole rings is 1. The number of methoxy groups -OCH3 is 1. The van der Waals surface area contributed by atoms with E-state index in [0.29, 0.717) is 12.6 Å². The second kappa shape index (κ2) is 8.31. The van der Waals surface area contributed by atoms with Crippen molar-refractivity contribution in [3.63, 3.8) is 0 Å². The fourth-order valence-electron chi connectivity index (χ4n) is 3.55. The fourth-order valence-corrected chi connectivity index (χ4v) is 3.55. The number of aromatic nitrogens is 4. The first-order chi connectivity index (χ1) is 15.3. The van der Waals surface area contributed by atoms with Crippen molar-refractivity contribution in [1.82, 2.24) is 20.2 Å². The second-order valence-electron chi connectivity index (χ2n) is 7.17. The van der Waals surface area contributed by atoms with Gasteiger partial charge in [0.1, 0.15) is 24.1 Å². The average Bonchev–Trinajstić information content (AvgIpc) is 3.32. The highest BCUT2D eigenvalue weighted by Gasteiger charge is 2.24. The molecule has 2 heterocycles. The van der Waals surface area contributed by atoms with Crippen LogP contribution in [0, 0.1) is 0 Å². The molecule has 4 aromatic rings. The first kappa shape index (κ1) is 18.9. The predicted octanol–water partition coefficient (Wildman–Crippen LogP) is 4.32. The van der Waals surface area contributed by atoms with Crippen LogP contribution in [-0.2, 0) is 6.61 Å². The quantitative estimate of drug-likeness (QED) is 0.509. The van der Waals surface area contributed by atoms with Crippen molar-refractivity contribution in [3.05, 3.63) is 102 Å². The zero-order valence-corrected chi connectivity index (χ0v) is 17.0. The van der Waals surface area contributed by atoms with Crippen molar-refractivity contribution >= 4 is 11.6 Å². The van der Waals surface area contributed by atoms with Crippen LogP contribution in [0.4, 0.5) is 5.95 Å². The van der Waals surface area contributed by atoms with Gasteiger partial charge in [0.2, 0.25) is 5.95 Å². The third-order valence-corrected chi connectivity index (χ3v) is 5.18. The van der Waals surface area contributed by atoms with Gasteiger partial charge < -0.3 is 14.8 Å². The van der Waals surface area contributed by atoms with Gasteiger partial charge in [0.25, 0.3) is 0 Å². The Hall–Kier alpha value is -4.13. The summed E-state index contributed by atoms with van der Waals surface area (Å²) in [5.74, 6) is 2.20. The molecule has 1 atom stereocenters. The molecule has 1 aliphatic rings. The van der Waals surface area contributed by atoms with Crippen LogP contribution in [-0.4, -0.2) is 27.3 Å². The van der Waals surface area contributed by atoms with Crippen LogP contribution in [0.2, 0.25) is 0 Å². The highest BCUT2D eigenvalue weighted by Crippen LogP contribution is 2.33. The first-order valence-electron chi connectivity index (χ1n) is 9.98. The number of anilines is 1. The number of hydrogen-bond donors (Lipinski definition) is 1. The Morgan fingerprint density at radius 3 is 2.58 bits per heavy atom. The SMILES string of the molecule is COc1cccc(C2=CC(c3ccc(OCc4ccccc4)cc3)n3nnnc3N2)c1. The van der Waals surface area contributed by atoms with E-state index in [1.807, 2.05) is 78.9 Å². The van der Waals surface area contributed by atoms with Crippen LogP contribution in [0.15, 0.2) is 84.9 Å². The second-order valence-corrected chi connectivity index (χ2v) is 7.17. The standard InChI is InChI=1S/C24H21N5O2/c1-30-21-9-5-8-19(14-21)22-15-23(29-24(25-22)26-27-28-29)18-10-12-20(13-11-18)31-16-17-6-3-2-4-7-17/h2-15,23H,16H2,1H3,(H,25,26,28). The number of benzene rings is 3. The molecule has 0 aliphatic carbocycles. The average molecular weight is 411 g/mol. The summed E-state index contributed by atoms with van der Waals surface area (Å²) in [6.45, 7) is 0.532. The van der Waals surface area contributed by atoms with Gasteiger partial charge in [0.15, 0.2) is 0 Å². The van der Waals surface area contributed by atoms with Crippen molar-refractivity contribution in [1.29, 1.82) is 0 Å². The molecule has 0 bridgehead atoms. The Morgan fingerprint density at radius 2 is 1.77 bits per heavy atom. The number of ether oxygens (including phenoxy) is 2. The number of hydrogen-bond acceptors (Lipinski definition) is 6. The van der Waals surface area contributed by atoms with Crippen molar-refractivity contribution < 1.29 is 9.47 Å². The predicted molar refractivity (Wildman–Crippen MR) is 118 cm³/mol. The highest BCUT2D eigenvalue weighted by molar-refractivity contribution is 5.77. The maximum atomic E-state index is 5.92. The molecule has 0 saturated carbocycles. The van der Waals surface area contributed by atoms with Gasteiger partial charge in [-0.2, -0.15) is 4.68 Å². The third kappa shape index (κ3) is 3.98. The summed E-state index contributed by atoms with van der Waals surface area (Å²) in [7, 11) is 1.66. The molecule has 7 heteroatoms. The van der Waals surface area contributed by atoms with E-state index in [-0.39, 0.29) is 6.04 Å². The largest absolute Gasteiger partial charge is 0.497 e. The van der Waals surface area contributed by atoms with E-state index in [9.17, 15) is 0 Å². The van der Waals surface area contributed by atoms with Gasteiger partial charge in [-0.05, 0) is 51.9 Å². The van der Waals surface area contributed by atoms with E-state index in [1.165, 1.54) is 0 Å². The summed E-state index contributed by atoms with van der Waals surface area (Å²) in [5, 5.41) is 15.4. The summed E-state index contributed by atoms with van der Waals surface area (Å²) in [6.07, 6.45) is 2.11. The number of nitrogens with zero attached hydrogens (tertiary/aromatic N) is 4. The van der Waals surface area contributed by atoms with E-state index in [2.05, 4.69) is 26.9 Å². The molecule has 0 amide bonds. The maximum Gasteiger partial charge on any atom is 0.248 e. The molecule has 1 unspecified atom stereocenters. The monoisotopic (exact) mass is 411 g/mol. The lowest BCUT2D eigenvalue weighted by Gasteiger charge is -2.23. The molecule has 5 rings (SSSR count). The van der Waals surface area contributed by atoms with Crippen LogP contribution in [0.3, 0.4) is 0 Å². The fraction of sp³-hybridized carbons (Fsp3) is 0.125. The third-order valence-electron chi connectivity index (χ3n) is 5.18. The summed E-state index contributed by atoms with van der Waals surface area (Å²) >= 11 is 0. The van der Waals surface area contributed by atoms with Gasteiger partial charge in [-0.25, -0.2) is 0 Å². The Kier molecular flexibility index (Phi) is 5.06. The molecule has 7 nitrogen and oxygen atoms in total. The van der Waals surface area contributed by atoms with Crippen LogP contribution in [0.5, 0.6) is 11.5 Å².